The van der Waals surface area contributed by atoms with Crippen LogP contribution in [0.4, 0.5) is 8.78 Å². The maximum Gasteiger partial charge on any atom is 0.257 e. The molecule has 6 heteroatoms. The Labute approximate surface area is 109 Å². The second-order valence-electron chi connectivity index (χ2n) is 4.55. The first-order chi connectivity index (χ1) is 9.04. The number of carbonyl (C=O) groups excluding carboxylic acids is 1. The first kappa shape index (κ1) is 13.9. The Morgan fingerprint density at radius 2 is 2.26 bits per heavy atom. The zero-order valence-electron chi connectivity index (χ0n) is 10.5. The molecule has 19 heavy (non-hydrogen) atoms. The molecular formula is C13H15F2NO3. The topological polar surface area (TPSA) is 49.8 Å². The molecule has 1 fully saturated rings. The first-order valence-electron chi connectivity index (χ1n) is 6.02. The standard InChI is InChI=1S/C13H15F2NO3/c1-8-7-19-9(6-17)5-16(8)13(18)10-3-2-4-11(14)12(10)15/h2-4,8-9,17H,5-7H2,1H3. The highest BCUT2D eigenvalue weighted by Gasteiger charge is 2.31. The molecule has 2 rings (SSSR count). The Morgan fingerprint density at radius 3 is 2.95 bits per heavy atom. The van der Waals surface area contributed by atoms with Crippen LogP contribution in [0.25, 0.3) is 0 Å². The molecule has 0 bridgehead atoms. The second kappa shape index (κ2) is 5.63. The van der Waals surface area contributed by atoms with E-state index in [2.05, 4.69) is 0 Å². The number of ether oxygens (including phenoxy) is 1. The summed E-state index contributed by atoms with van der Waals surface area (Å²) in [7, 11) is 0. The minimum absolute atomic E-state index is 0.159. The lowest BCUT2D eigenvalue weighted by Crippen LogP contribution is -2.52. The molecule has 2 unspecified atom stereocenters. The quantitative estimate of drug-likeness (QED) is 0.879. The van der Waals surface area contributed by atoms with Crippen molar-refractivity contribution in [3.05, 3.63) is 35.4 Å². The van der Waals surface area contributed by atoms with Crippen molar-refractivity contribution in [3.63, 3.8) is 0 Å². The monoisotopic (exact) mass is 271 g/mol. The van der Waals surface area contributed by atoms with E-state index >= 15 is 0 Å². The van der Waals surface area contributed by atoms with Gasteiger partial charge in [-0.15, -0.1) is 0 Å². The highest BCUT2D eigenvalue weighted by Crippen LogP contribution is 2.18. The molecule has 0 radical (unpaired) electrons. The number of rotatable bonds is 2. The summed E-state index contributed by atoms with van der Waals surface area (Å²) in [6, 6.07) is 3.25. The molecule has 0 spiro atoms. The highest BCUT2D eigenvalue weighted by atomic mass is 19.2. The van der Waals surface area contributed by atoms with E-state index in [0.717, 1.165) is 6.07 Å². The molecule has 2 atom stereocenters. The molecule has 1 aliphatic heterocycles. The van der Waals surface area contributed by atoms with Crippen LogP contribution in [0, 0.1) is 11.6 Å². The zero-order valence-corrected chi connectivity index (χ0v) is 10.5. The number of hydrogen-bond donors (Lipinski definition) is 1. The van der Waals surface area contributed by atoms with Gasteiger partial charge in [-0.2, -0.15) is 0 Å². The lowest BCUT2D eigenvalue weighted by atomic mass is 10.1. The van der Waals surface area contributed by atoms with Gasteiger partial charge in [-0.05, 0) is 19.1 Å². The third-order valence-corrected chi connectivity index (χ3v) is 3.15. The van der Waals surface area contributed by atoms with E-state index in [-0.39, 0.29) is 31.4 Å². The maximum atomic E-state index is 13.6. The van der Waals surface area contributed by atoms with Crippen molar-refractivity contribution in [1.29, 1.82) is 0 Å². The number of hydrogen-bond acceptors (Lipinski definition) is 3. The fraction of sp³-hybridized carbons (Fsp3) is 0.462. The molecule has 1 aliphatic rings. The number of halogens is 2. The van der Waals surface area contributed by atoms with Crippen LogP contribution in [0.2, 0.25) is 0 Å². The van der Waals surface area contributed by atoms with E-state index in [1.165, 1.54) is 17.0 Å². The van der Waals surface area contributed by atoms with Crippen LogP contribution in [0.15, 0.2) is 18.2 Å². The van der Waals surface area contributed by atoms with Crippen molar-refractivity contribution in [2.75, 3.05) is 19.8 Å². The lowest BCUT2D eigenvalue weighted by molar-refractivity contribution is -0.0668. The average molecular weight is 271 g/mol. The molecule has 0 aliphatic carbocycles. The van der Waals surface area contributed by atoms with Gasteiger partial charge in [-0.1, -0.05) is 6.07 Å². The highest BCUT2D eigenvalue weighted by molar-refractivity contribution is 5.94. The Bertz CT molecular complexity index is 481. The first-order valence-corrected chi connectivity index (χ1v) is 6.02. The minimum atomic E-state index is -1.15. The fourth-order valence-corrected chi connectivity index (χ4v) is 2.03. The van der Waals surface area contributed by atoms with Gasteiger partial charge >= 0.3 is 0 Å². The van der Waals surface area contributed by atoms with Crippen LogP contribution in [-0.4, -0.2) is 47.8 Å². The van der Waals surface area contributed by atoms with Crippen LogP contribution >= 0.6 is 0 Å². The summed E-state index contributed by atoms with van der Waals surface area (Å²) in [5.41, 5.74) is -0.301. The van der Waals surface area contributed by atoms with Crippen molar-refractivity contribution in [3.8, 4) is 0 Å². The molecule has 0 saturated carbocycles. The second-order valence-corrected chi connectivity index (χ2v) is 4.55. The molecule has 0 aromatic heterocycles. The number of carbonyl (C=O) groups is 1. The largest absolute Gasteiger partial charge is 0.394 e. The van der Waals surface area contributed by atoms with Gasteiger partial charge in [0.15, 0.2) is 11.6 Å². The fourth-order valence-electron chi connectivity index (χ4n) is 2.03. The molecule has 1 aromatic rings. The van der Waals surface area contributed by atoms with Gasteiger partial charge < -0.3 is 14.7 Å². The van der Waals surface area contributed by atoms with Crippen molar-refractivity contribution >= 4 is 5.91 Å². The maximum absolute atomic E-state index is 13.6. The molecular weight excluding hydrogens is 256 g/mol. The molecule has 104 valence electrons. The van der Waals surface area contributed by atoms with E-state index in [4.69, 9.17) is 9.84 Å². The number of amides is 1. The van der Waals surface area contributed by atoms with E-state index < -0.39 is 23.6 Å². The summed E-state index contributed by atoms with van der Waals surface area (Å²) in [5.74, 6) is -2.79. The Balaban J connectivity index is 2.24. The van der Waals surface area contributed by atoms with Gasteiger partial charge in [0.05, 0.1) is 30.9 Å². The Morgan fingerprint density at radius 1 is 1.53 bits per heavy atom. The predicted molar refractivity (Wildman–Crippen MR) is 63.7 cm³/mol. The minimum Gasteiger partial charge on any atom is -0.394 e. The van der Waals surface area contributed by atoms with Gasteiger partial charge in [-0.25, -0.2) is 8.78 Å². The van der Waals surface area contributed by atoms with Crippen LogP contribution in [0.5, 0.6) is 0 Å². The van der Waals surface area contributed by atoms with Crippen molar-refractivity contribution in [2.45, 2.75) is 19.1 Å². The van der Waals surface area contributed by atoms with Gasteiger partial charge in [0.1, 0.15) is 0 Å². The lowest BCUT2D eigenvalue weighted by Gasteiger charge is -2.37. The third kappa shape index (κ3) is 2.74. The van der Waals surface area contributed by atoms with Crippen LogP contribution in [0.3, 0.4) is 0 Å². The summed E-state index contributed by atoms with van der Waals surface area (Å²) in [5, 5.41) is 9.05. The number of aliphatic hydroxyl groups is 1. The number of aliphatic hydroxyl groups excluding tert-OH is 1. The van der Waals surface area contributed by atoms with Crippen molar-refractivity contribution in [1.82, 2.24) is 4.90 Å². The molecule has 1 aromatic carbocycles. The summed E-state index contributed by atoms with van der Waals surface area (Å²) in [6.07, 6.45) is -0.489. The van der Waals surface area contributed by atoms with E-state index in [0.29, 0.717) is 0 Å². The smallest absolute Gasteiger partial charge is 0.257 e. The third-order valence-electron chi connectivity index (χ3n) is 3.15. The van der Waals surface area contributed by atoms with Gasteiger partial charge in [0.2, 0.25) is 0 Å². The molecule has 1 saturated heterocycles. The summed E-state index contributed by atoms with van der Waals surface area (Å²) >= 11 is 0. The summed E-state index contributed by atoms with van der Waals surface area (Å²) in [4.78, 5) is 13.6. The number of nitrogens with zero attached hydrogens (tertiary/aromatic N) is 1. The van der Waals surface area contributed by atoms with Crippen LogP contribution in [-0.2, 0) is 4.74 Å². The van der Waals surface area contributed by atoms with Crippen molar-refractivity contribution < 1.29 is 23.4 Å². The predicted octanol–water partition coefficient (Wildman–Crippen LogP) is 1.19. The van der Waals surface area contributed by atoms with Gasteiger partial charge in [0.25, 0.3) is 5.91 Å². The summed E-state index contributed by atoms with van der Waals surface area (Å²) in [6.45, 7) is 1.95. The van der Waals surface area contributed by atoms with Gasteiger partial charge in [0, 0.05) is 6.54 Å². The molecule has 4 nitrogen and oxygen atoms in total. The average Bonchev–Trinajstić information content (AvgIpc) is 2.42. The molecule has 1 heterocycles. The normalized spacial score (nSPS) is 23.5. The molecule has 1 N–H and O–H groups in total. The summed E-state index contributed by atoms with van der Waals surface area (Å²) < 4.78 is 32.0. The SMILES string of the molecule is CC1COC(CO)CN1C(=O)c1cccc(F)c1F. The number of benzene rings is 1. The Kier molecular flexibility index (Phi) is 4.11. The van der Waals surface area contributed by atoms with Crippen LogP contribution < -0.4 is 0 Å². The Hall–Kier alpha value is -1.53. The van der Waals surface area contributed by atoms with E-state index in [9.17, 15) is 13.6 Å². The van der Waals surface area contributed by atoms with Crippen LogP contribution in [0.1, 0.15) is 17.3 Å². The van der Waals surface area contributed by atoms with Crippen molar-refractivity contribution in [2.24, 2.45) is 0 Å². The molecule has 1 amide bonds. The van der Waals surface area contributed by atoms with E-state index in [1.54, 1.807) is 6.92 Å². The number of morpholine rings is 1. The van der Waals surface area contributed by atoms with E-state index in [1.807, 2.05) is 0 Å². The zero-order chi connectivity index (χ0) is 14.0. The van der Waals surface area contributed by atoms with Gasteiger partial charge in [-0.3, -0.25) is 4.79 Å².